The van der Waals surface area contributed by atoms with Crippen LogP contribution in [-0.2, 0) is 9.53 Å². The summed E-state index contributed by atoms with van der Waals surface area (Å²) in [7, 11) is 0. The lowest BCUT2D eigenvalue weighted by Gasteiger charge is -2.15. The molecule has 0 spiro atoms. The van der Waals surface area contributed by atoms with E-state index in [9.17, 15) is 4.79 Å². The van der Waals surface area contributed by atoms with E-state index in [-0.39, 0.29) is 18.3 Å². The predicted molar refractivity (Wildman–Crippen MR) is 79.3 cm³/mol. The Morgan fingerprint density at radius 2 is 2.00 bits per heavy atom. The summed E-state index contributed by atoms with van der Waals surface area (Å²) in [5.74, 6) is 0.442. The third-order valence-corrected chi connectivity index (χ3v) is 2.96. The van der Waals surface area contributed by atoms with Crippen LogP contribution in [0.5, 0.6) is 0 Å². The van der Waals surface area contributed by atoms with Crippen LogP contribution in [0.4, 0.5) is 5.69 Å². The summed E-state index contributed by atoms with van der Waals surface area (Å²) in [6.45, 7) is -0.0191. The number of rotatable bonds is 5. The van der Waals surface area contributed by atoms with Crippen LogP contribution in [0.3, 0.4) is 0 Å². The van der Waals surface area contributed by atoms with Gasteiger partial charge in [-0.25, -0.2) is 5.53 Å². The van der Waals surface area contributed by atoms with Crippen molar-refractivity contribution in [3.05, 3.63) is 53.8 Å². The van der Waals surface area contributed by atoms with E-state index in [0.717, 1.165) is 5.69 Å². The zero-order valence-corrected chi connectivity index (χ0v) is 11.4. The molecule has 1 aliphatic carbocycles. The summed E-state index contributed by atoms with van der Waals surface area (Å²) < 4.78 is 5.33. The highest BCUT2D eigenvalue weighted by Crippen LogP contribution is 2.20. The SMILES string of the molecule is N=NC(=N)COC1=CC=C(C(=O)Nc2ccccc2)CC1. The van der Waals surface area contributed by atoms with Gasteiger partial charge in [0.1, 0.15) is 6.61 Å². The first-order valence-corrected chi connectivity index (χ1v) is 6.53. The second-order valence-electron chi connectivity index (χ2n) is 4.49. The number of anilines is 1. The molecular weight excluding hydrogens is 268 g/mol. The fourth-order valence-corrected chi connectivity index (χ4v) is 1.85. The van der Waals surface area contributed by atoms with E-state index in [1.807, 2.05) is 30.3 Å². The molecule has 0 bridgehead atoms. The average Bonchev–Trinajstić information content (AvgIpc) is 2.54. The molecule has 0 radical (unpaired) electrons. The maximum atomic E-state index is 12.1. The highest BCUT2D eigenvalue weighted by Gasteiger charge is 2.14. The molecule has 3 N–H and O–H groups in total. The molecule has 0 saturated heterocycles. The highest BCUT2D eigenvalue weighted by atomic mass is 16.5. The third-order valence-electron chi connectivity index (χ3n) is 2.96. The van der Waals surface area contributed by atoms with Crippen molar-refractivity contribution in [1.29, 1.82) is 10.9 Å². The Morgan fingerprint density at radius 1 is 1.24 bits per heavy atom. The lowest BCUT2D eigenvalue weighted by Crippen LogP contribution is -2.16. The number of amidine groups is 1. The van der Waals surface area contributed by atoms with E-state index in [4.69, 9.17) is 15.7 Å². The van der Waals surface area contributed by atoms with E-state index >= 15 is 0 Å². The molecule has 6 nitrogen and oxygen atoms in total. The lowest BCUT2D eigenvalue weighted by molar-refractivity contribution is -0.113. The molecule has 2 rings (SSSR count). The van der Waals surface area contributed by atoms with Gasteiger partial charge in [-0.05, 0) is 24.6 Å². The normalized spacial score (nSPS) is 13.7. The first-order chi connectivity index (χ1) is 10.2. The molecule has 108 valence electrons. The number of allylic oxidation sites excluding steroid dienone is 3. The van der Waals surface area contributed by atoms with Crippen LogP contribution < -0.4 is 5.32 Å². The molecule has 21 heavy (non-hydrogen) atoms. The van der Waals surface area contributed by atoms with Crippen LogP contribution in [0, 0.1) is 10.9 Å². The zero-order chi connectivity index (χ0) is 15.1. The number of benzene rings is 1. The summed E-state index contributed by atoms with van der Waals surface area (Å²) >= 11 is 0. The number of para-hydroxylation sites is 1. The molecule has 0 saturated carbocycles. The monoisotopic (exact) mass is 284 g/mol. The Bertz CT molecular complexity index is 605. The smallest absolute Gasteiger partial charge is 0.251 e. The topological polar surface area (TPSA) is 98.4 Å². The summed E-state index contributed by atoms with van der Waals surface area (Å²) in [4.78, 5) is 12.1. The Labute approximate surface area is 122 Å². The Hall–Kier alpha value is -2.76. The minimum Gasteiger partial charge on any atom is -0.490 e. The number of hydrogen-bond acceptors (Lipinski definition) is 4. The van der Waals surface area contributed by atoms with Crippen molar-refractivity contribution in [2.45, 2.75) is 12.8 Å². The van der Waals surface area contributed by atoms with Crippen LogP contribution >= 0.6 is 0 Å². The quantitative estimate of drug-likeness (QED) is 0.439. The standard InChI is InChI=1S/C15H16N4O2/c16-14(19-17)10-21-13-8-6-11(7-9-13)15(20)18-12-4-2-1-3-5-12/h1-6,8,16-17H,7,9-10H2,(H,18,20). The van der Waals surface area contributed by atoms with Crippen LogP contribution in [0.2, 0.25) is 0 Å². The average molecular weight is 284 g/mol. The molecule has 0 atom stereocenters. The minimum absolute atomic E-state index is 0.0191. The van der Waals surface area contributed by atoms with Gasteiger partial charge in [-0.1, -0.05) is 24.3 Å². The van der Waals surface area contributed by atoms with Crippen molar-refractivity contribution in [3.63, 3.8) is 0 Å². The van der Waals surface area contributed by atoms with Gasteiger partial charge < -0.3 is 10.1 Å². The number of amides is 1. The number of carbonyl (C=O) groups excluding carboxylic acids is 1. The summed E-state index contributed by atoms with van der Waals surface area (Å²) in [6.07, 6.45) is 4.62. The van der Waals surface area contributed by atoms with E-state index in [0.29, 0.717) is 24.2 Å². The van der Waals surface area contributed by atoms with Gasteiger partial charge in [-0.2, -0.15) is 0 Å². The molecule has 1 amide bonds. The fourth-order valence-electron chi connectivity index (χ4n) is 1.85. The van der Waals surface area contributed by atoms with Gasteiger partial charge in [0.25, 0.3) is 5.91 Å². The van der Waals surface area contributed by atoms with Gasteiger partial charge in [-0.3, -0.25) is 10.2 Å². The molecule has 0 aromatic heterocycles. The molecule has 0 aliphatic heterocycles. The van der Waals surface area contributed by atoms with E-state index < -0.39 is 0 Å². The van der Waals surface area contributed by atoms with Crippen molar-refractivity contribution in [2.24, 2.45) is 5.11 Å². The first-order valence-electron chi connectivity index (χ1n) is 6.53. The van der Waals surface area contributed by atoms with Crippen molar-refractivity contribution in [1.82, 2.24) is 0 Å². The van der Waals surface area contributed by atoms with E-state index in [2.05, 4.69) is 10.4 Å². The predicted octanol–water partition coefficient (Wildman–Crippen LogP) is 3.25. The lowest BCUT2D eigenvalue weighted by atomic mass is 10.0. The van der Waals surface area contributed by atoms with Crippen molar-refractivity contribution in [3.8, 4) is 0 Å². The number of nitrogens with zero attached hydrogens (tertiary/aromatic N) is 1. The van der Waals surface area contributed by atoms with Gasteiger partial charge >= 0.3 is 0 Å². The van der Waals surface area contributed by atoms with Crippen LogP contribution in [0.1, 0.15) is 12.8 Å². The minimum atomic E-state index is -0.132. The number of carbonyl (C=O) groups is 1. The summed E-state index contributed by atoms with van der Waals surface area (Å²) in [5.41, 5.74) is 8.11. The third kappa shape index (κ3) is 4.38. The van der Waals surface area contributed by atoms with Crippen LogP contribution in [-0.4, -0.2) is 18.3 Å². The number of hydrogen-bond donors (Lipinski definition) is 3. The molecule has 1 aliphatic rings. The molecule has 1 aromatic rings. The molecule has 0 fully saturated rings. The largest absolute Gasteiger partial charge is 0.490 e. The molecule has 0 heterocycles. The van der Waals surface area contributed by atoms with E-state index in [1.165, 1.54) is 0 Å². The van der Waals surface area contributed by atoms with Crippen LogP contribution in [0.15, 0.2) is 58.9 Å². The second-order valence-corrected chi connectivity index (χ2v) is 4.49. The van der Waals surface area contributed by atoms with Crippen molar-refractivity contribution < 1.29 is 9.53 Å². The van der Waals surface area contributed by atoms with Crippen molar-refractivity contribution in [2.75, 3.05) is 11.9 Å². The van der Waals surface area contributed by atoms with Gasteiger partial charge in [0.05, 0.1) is 5.76 Å². The van der Waals surface area contributed by atoms with E-state index in [1.54, 1.807) is 12.2 Å². The molecule has 0 unspecified atom stereocenters. The number of ether oxygens (including phenoxy) is 1. The summed E-state index contributed by atoms with van der Waals surface area (Å²) in [6, 6.07) is 9.29. The van der Waals surface area contributed by atoms with Gasteiger partial charge in [0.15, 0.2) is 5.84 Å². The Morgan fingerprint density at radius 3 is 2.62 bits per heavy atom. The number of nitrogens with one attached hydrogen (secondary N) is 3. The zero-order valence-electron chi connectivity index (χ0n) is 11.4. The van der Waals surface area contributed by atoms with Gasteiger partial charge in [0, 0.05) is 17.7 Å². The van der Waals surface area contributed by atoms with Gasteiger partial charge in [0.2, 0.25) is 0 Å². The Balaban J connectivity index is 1.92. The van der Waals surface area contributed by atoms with Crippen LogP contribution in [0.25, 0.3) is 0 Å². The second kappa shape index (κ2) is 7.14. The Kier molecular flexibility index (Phi) is 4.98. The molecule has 1 aromatic carbocycles. The molecular formula is C15H16N4O2. The maximum Gasteiger partial charge on any atom is 0.251 e. The molecule has 6 heteroatoms. The van der Waals surface area contributed by atoms with Crippen molar-refractivity contribution >= 4 is 17.4 Å². The highest BCUT2D eigenvalue weighted by molar-refractivity contribution is 6.04. The summed E-state index contributed by atoms with van der Waals surface area (Å²) in [5, 5.41) is 13.0. The fraction of sp³-hybridized carbons (Fsp3) is 0.200. The maximum absolute atomic E-state index is 12.1. The first kappa shape index (κ1) is 14.6. The van der Waals surface area contributed by atoms with Gasteiger partial charge in [-0.15, -0.1) is 5.11 Å².